The molecule has 0 unspecified atom stereocenters. The number of likely N-dealkylation sites (N-methyl/N-ethyl adjacent to an activating group) is 1. The van der Waals surface area contributed by atoms with Gasteiger partial charge in [0.2, 0.25) is 0 Å². The Morgan fingerprint density at radius 3 is 2.64 bits per heavy atom. The molecule has 0 amide bonds. The summed E-state index contributed by atoms with van der Waals surface area (Å²) in [5, 5.41) is 0. The van der Waals surface area contributed by atoms with E-state index in [4.69, 9.17) is 14.2 Å². The second-order valence-electron chi connectivity index (χ2n) is 10.2. The van der Waals surface area contributed by atoms with Gasteiger partial charge in [-0.05, 0) is 38.1 Å². The summed E-state index contributed by atoms with van der Waals surface area (Å²) in [6.45, 7) is 7.65. The minimum atomic E-state index is -0.329. The molecule has 5 nitrogen and oxygen atoms in total. The molecule has 0 aromatic carbocycles. The van der Waals surface area contributed by atoms with Crippen molar-refractivity contribution in [3.63, 3.8) is 0 Å². The van der Waals surface area contributed by atoms with Gasteiger partial charge in [-0.3, -0.25) is 9.69 Å². The molecule has 11 atom stereocenters. The van der Waals surface area contributed by atoms with Gasteiger partial charge in [0.25, 0.3) is 0 Å². The third kappa shape index (κ3) is 1.51. The van der Waals surface area contributed by atoms with Crippen LogP contribution in [0.2, 0.25) is 0 Å². The second-order valence-corrected chi connectivity index (χ2v) is 10.2. The van der Waals surface area contributed by atoms with Crippen LogP contribution in [-0.4, -0.2) is 69.0 Å². The summed E-state index contributed by atoms with van der Waals surface area (Å²) < 4.78 is 18.4. The minimum absolute atomic E-state index is 0.0161. The van der Waals surface area contributed by atoms with Crippen LogP contribution in [0.3, 0.4) is 0 Å². The Bertz CT molecular complexity index is 753. The molecule has 2 saturated heterocycles. The van der Waals surface area contributed by atoms with Crippen molar-refractivity contribution < 1.29 is 19.0 Å². The van der Waals surface area contributed by atoms with Gasteiger partial charge < -0.3 is 14.2 Å². The van der Waals surface area contributed by atoms with Crippen LogP contribution < -0.4 is 0 Å². The van der Waals surface area contributed by atoms with Crippen LogP contribution in [-0.2, 0) is 19.0 Å². The number of Topliss-reactive ketones (excluding diaryl/α,β-unsaturated/α-hetero) is 1. The van der Waals surface area contributed by atoms with Crippen molar-refractivity contribution in [1.82, 2.24) is 4.90 Å². The summed E-state index contributed by atoms with van der Waals surface area (Å²) >= 11 is 0. The summed E-state index contributed by atoms with van der Waals surface area (Å²) in [6.07, 6.45) is 4.45. The smallest absolute Gasteiger partial charge is 0.158 e. The van der Waals surface area contributed by atoms with Crippen LogP contribution in [0, 0.1) is 34.5 Å². The molecule has 4 aliphatic carbocycles. The zero-order valence-corrected chi connectivity index (χ0v) is 17.5. The predicted molar refractivity (Wildman–Crippen MR) is 104 cm³/mol. The standard InChI is InChI=1S/C23H33NO4/c1-6-24-18-16-11(2)7-8-15(27-4)23(16)13-9-12-14(26-3)10-22(20(18)25,21(23)24)17(13)19(12)28-5/h12-19,21H,2,6-10H2,1,3-5H3/t12-,13-,14+,15+,16+,17-,18-,19+,21+,22+,23+/m1/s1. The number of nitrogens with zero attached hydrogens (tertiary/aromatic N) is 1. The van der Waals surface area contributed by atoms with E-state index in [1.807, 2.05) is 21.3 Å². The molecule has 4 saturated carbocycles. The largest absolute Gasteiger partial charge is 0.381 e. The third-order valence-corrected chi connectivity index (χ3v) is 10.2. The van der Waals surface area contributed by atoms with E-state index in [0.717, 1.165) is 32.2 Å². The van der Waals surface area contributed by atoms with Gasteiger partial charge in [0.05, 0.1) is 29.8 Å². The van der Waals surface area contributed by atoms with Gasteiger partial charge in [0.15, 0.2) is 5.78 Å². The summed E-state index contributed by atoms with van der Waals surface area (Å²) in [7, 11) is 5.53. The van der Waals surface area contributed by atoms with Crippen LogP contribution in [0.5, 0.6) is 0 Å². The SMILES string of the molecule is C=C1CC[C@H](OC)[C@@]23[C@@H]4C[C@H]5[C@H](OC)[C@@H]4[C@@]4(C[C@@H]5OC)C(=O)[C@@H]([C@H]12)N(CC)[C@@H]43. The van der Waals surface area contributed by atoms with Crippen LogP contribution in [0.25, 0.3) is 0 Å². The third-order valence-electron chi connectivity index (χ3n) is 10.2. The number of ketones is 1. The molecule has 28 heavy (non-hydrogen) atoms. The maximum Gasteiger partial charge on any atom is 0.158 e. The zero-order chi connectivity index (χ0) is 19.6. The van der Waals surface area contributed by atoms with Gasteiger partial charge in [-0.15, -0.1) is 0 Å². The highest BCUT2D eigenvalue weighted by molar-refractivity contribution is 5.97. The molecule has 0 aromatic rings. The van der Waals surface area contributed by atoms with E-state index in [-0.39, 0.29) is 47.1 Å². The number of methoxy groups -OCH3 is 3. The molecule has 4 bridgehead atoms. The lowest BCUT2D eigenvalue weighted by atomic mass is 9.50. The molecule has 6 rings (SSSR count). The molecule has 2 spiro atoms. The first-order valence-corrected chi connectivity index (χ1v) is 11.1. The summed E-state index contributed by atoms with van der Waals surface area (Å²) in [6, 6.07) is 0.235. The van der Waals surface area contributed by atoms with Crippen molar-refractivity contribution in [2.45, 2.75) is 63.0 Å². The summed E-state index contributed by atoms with van der Waals surface area (Å²) in [5.74, 6) is 1.88. The molecule has 2 aliphatic heterocycles. The topological polar surface area (TPSA) is 48.0 Å². The van der Waals surface area contributed by atoms with E-state index < -0.39 is 0 Å². The molecule has 5 heteroatoms. The van der Waals surface area contributed by atoms with Crippen molar-refractivity contribution in [3.8, 4) is 0 Å². The lowest BCUT2D eigenvalue weighted by Crippen LogP contribution is -2.62. The van der Waals surface area contributed by atoms with Crippen LogP contribution in [0.1, 0.15) is 32.6 Å². The predicted octanol–water partition coefficient (Wildman–Crippen LogP) is 2.30. The van der Waals surface area contributed by atoms with Gasteiger partial charge in [0, 0.05) is 50.5 Å². The lowest BCUT2D eigenvalue weighted by molar-refractivity contribution is -0.159. The molecule has 0 aromatic heterocycles. The molecular weight excluding hydrogens is 354 g/mol. The van der Waals surface area contributed by atoms with Crippen molar-refractivity contribution in [1.29, 1.82) is 0 Å². The first-order valence-electron chi connectivity index (χ1n) is 11.1. The minimum Gasteiger partial charge on any atom is -0.381 e. The molecule has 6 aliphatic rings. The van der Waals surface area contributed by atoms with Gasteiger partial charge in [-0.2, -0.15) is 0 Å². The Labute approximate surface area is 167 Å². The zero-order valence-electron chi connectivity index (χ0n) is 17.5. The van der Waals surface area contributed by atoms with E-state index in [1.54, 1.807) is 0 Å². The first-order chi connectivity index (χ1) is 13.5. The number of carbonyl (C=O) groups is 1. The highest BCUT2D eigenvalue weighted by atomic mass is 16.5. The van der Waals surface area contributed by atoms with E-state index in [0.29, 0.717) is 23.5 Å². The fourth-order valence-electron chi connectivity index (χ4n) is 9.94. The van der Waals surface area contributed by atoms with Crippen LogP contribution in [0.15, 0.2) is 12.2 Å². The maximum absolute atomic E-state index is 14.2. The highest BCUT2D eigenvalue weighted by Crippen LogP contribution is 2.82. The average Bonchev–Trinajstić information content (AvgIpc) is 3.31. The Morgan fingerprint density at radius 2 is 2.00 bits per heavy atom. The van der Waals surface area contributed by atoms with Gasteiger partial charge in [0.1, 0.15) is 0 Å². The number of rotatable bonds is 4. The fraction of sp³-hybridized carbons (Fsp3) is 0.870. The van der Waals surface area contributed by atoms with Crippen molar-refractivity contribution in [2.75, 3.05) is 27.9 Å². The summed E-state index contributed by atoms with van der Waals surface area (Å²) in [4.78, 5) is 16.7. The number of fused-ring (bicyclic) bond motifs is 3. The average molecular weight is 388 g/mol. The highest BCUT2D eigenvalue weighted by Gasteiger charge is 2.90. The number of hydrogen-bond acceptors (Lipinski definition) is 5. The molecule has 0 radical (unpaired) electrons. The monoisotopic (exact) mass is 387 g/mol. The Kier molecular flexibility index (Phi) is 3.54. The Morgan fingerprint density at radius 1 is 1.21 bits per heavy atom. The van der Waals surface area contributed by atoms with E-state index >= 15 is 0 Å². The Balaban J connectivity index is 1.64. The Hall–Kier alpha value is -0.750. The van der Waals surface area contributed by atoms with Crippen molar-refractivity contribution in [2.24, 2.45) is 34.5 Å². The molecular formula is C23H33NO4. The maximum atomic E-state index is 14.2. The van der Waals surface area contributed by atoms with Crippen molar-refractivity contribution >= 4 is 5.78 Å². The van der Waals surface area contributed by atoms with Gasteiger partial charge in [-0.25, -0.2) is 0 Å². The quantitative estimate of drug-likeness (QED) is 0.693. The van der Waals surface area contributed by atoms with E-state index in [9.17, 15) is 4.79 Å². The molecule has 6 fully saturated rings. The molecule has 0 N–H and O–H groups in total. The number of carbonyl (C=O) groups excluding carboxylic acids is 1. The normalized spacial score (nSPS) is 58.6. The first kappa shape index (κ1) is 18.1. The van der Waals surface area contributed by atoms with Crippen LogP contribution in [0.4, 0.5) is 0 Å². The number of hydrogen-bond donors (Lipinski definition) is 0. The molecule has 154 valence electrons. The lowest BCUT2D eigenvalue weighted by Gasteiger charge is -2.55. The van der Waals surface area contributed by atoms with E-state index in [2.05, 4.69) is 18.4 Å². The van der Waals surface area contributed by atoms with Crippen LogP contribution >= 0.6 is 0 Å². The summed E-state index contributed by atoms with van der Waals surface area (Å²) in [5.41, 5.74) is 0.987. The van der Waals surface area contributed by atoms with Gasteiger partial charge in [-0.1, -0.05) is 19.1 Å². The van der Waals surface area contributed by atoms with Crippen molar-refractivity contribution in [3.05, 3.63) is 12.2 Å². The molecule has 2 heterocycles. The van der Waals surface area contributed by atoms with Gasteiger partial charge >= 0.3 is 0 Å². The second kappa shape index (κ2) is 5.48. The number of ether oxygens (including phenoxy) is 3. The van der Waals surface area contributed by atoms with E-state index in [1.165, 1.54) is 5.57 Å². The fourth-order valence-corrected chi connectivity index (χ4v) is 9.94.